The predicted molar refractivity (Wildman–Crippen MR) is 76.7 cm³/mol. The number of carboxylic acid groups (broad SMARTS) is 1. The van der Waals surface area contributed by atoms with E-state index >= 15 is 0 Å². The number of hydrogen-bond acceptors (Lipinski definition) is 4. The van der Waals surface area contributed by atoms with Gasteiger partial charge < -0.3 is 9.84 Å². The zero-order chi connectivity index (χ0) is 15.5. The number of hydrogen-bond donors (Lipinski definition) is 2. The Balaban J connectivity index is 1.95. The molecule has 1 aromatic rings. The average molecular weight is 313 g/mol. The Morgan fingerprint density at radius 1 is 1.38 bits per heavy atom. The van der Waals surface area contributed by atoms with Gasteiger partial charge in [0.05, 0.1) is 17.9 Å². The standard InChI is InChI=1S/C14H19NO5S/c1-10(11-2-3-11)15-21(18,19)13-6-4-12(5-7-13)20-9-8-14(16)17/h4-7,10-11,15H,2-3,8-9H2,1H3,(H,16,17). The van der Waals surface area contributed by atoms with Crippen molar-refractivity contribution in [1.29, 1.82) is 0 Å². The second-order valence-electron chi connectivity index (χ2n) is 5.21. The lowest BCUT2D eigenvalue weighted by molar-refractivity contribution is -0.137. The van der Waals surface area contributed by atoms with Gasteiger partial charge >= 0.3 is 5.97 Å². The molecule has 116 valence electrons. The summed E-state index contributed by atoms with van der Waals surface area (Å²) in [4.78, 5) is 10.6. The van der Waals surface area contributed by atoms with Crippen LogP contribution in [-0.4, -0.2) is 32.1 Å². The molecule has 2 N–H and O–H groups in total. The molecule has 6 nitrogen and oxygen atoms in total. The van der Waals surface area contributed by atoms with Crippen molar-refractivity contribution in [3.8, 4) is 5.75 Å². The summed E-state index contributed by atoms with van der Waals surface area (Å²) in [6.45, 7) is 1.93. The van der Waals surface area contributed by atoms with Crippen LogP contribution in [0.5, 0.6) is 5.75 Å². The van der Waals surface area contributed by atoms with Gasteiger partial charge in [0.1, 0.15) is 5.75 Å². The number of aliphatic carboxylic acids is 1. The first-order valence-corrected chi connectivity index (χ1v) is 8.34. The minimum Gasteiger partial charge on any atom is -0.493 e. The third-order valence-electron chi connectivity index (χ3n) is 3.39. The molecule has 1 unspecified atom stereocenters. The van der Waals surface area contributed by atoms with Gasteiger partial charge in [-0.1, -0.05) is 0 Å². The number of ether oxygens (including phenoxy) is 1. The van der Waals surface area contributed by atoms with Crippen LogP contribution in [0.3, 0.4) is 0 Å². The van der Waals surface area contributed by atoms with E-state index in [0.717, 1.165) is 12.8 Å². The van der Waals surface area contributed by atoms with Crippen molar-refractivity contribution in [3.05, 3.63) is 24.3 Å². The molecule has 0 bridgehead atoms. The molecule has 1 atom stereocenters. The van der Waals surface area contributed by atoms with E-state index in [4.69, 9.17) is 9.84 Å². The van der Waals surface area contributed by atoms with Crippen LogP contribution < -0.4 is 9.46 Å². The lowest BCUT2D eigenvalue weighted by Gasteiger charge is -2.13. The minimum atomic E-state index is -3.51. The maximum atomic E-state index is 12.2. The molecule has 21 heavy (non-hydrogen) atoms. The van der Waals surface area contributed by atoms with Crippen LogP contribution in [0.1, 0.15) is 26.2 Å². The van der Waals surface area contributed by atoms with Crippen molar-refractivity contribution in [2.45, 2.75) is 37.1 Å². The topological polar surface area (TPSA) is 92.7 Å². The van der Waals surface area contributed by atoms with Gasteiger partial charge in [0, 0.05) is 6.04 Å². The summed E-state index contributed by atoms with van der Waals surface area (Å²) in [5.41, 5.74) is 0. The van der Waals surface area contributed by atoms with Crippen LogP contribution in [0.25, 0.3) is 0 Å². The maximum absolute atomic E-state index is 12.2. The smallest absolute Gasteiger partial charge is 0.306 e. The van der Waals surface area contributed by atoms with Crippen molar-refractivity contribution in [3.63, 3.8) is 0 Å². The molecular formula is C14H19NO5S. The Morgan fingerprint density at radius 2 is 2.00 bits per heavy atom. The highest BCUT2D eigenvalue weighted by atomic mass is 32.2. The van der Waals surface area contributed by atoms with E-state index in [2.05, 4.69) is 4.72 Å². The highest BCUT2D eigenvalue weighted by molar-refractivity contribution is 7.89. The Kier molecular flexibility index (Phi) is 4.84. The number of carbonyl (C=O) groups is 1. The Morgan fingerprint density at radius 3 is 2.52 bits per heavy atom. The predicted octanol–water partition coefficient (Wildman–Crippen LogP) is 1.62. The molecule has 1 aromatic carbocycles. The van der Waals surface area contributed by atoms with Gasteiger partial charge in [0.15, 0.2) is 0 Å². The number of sulfonamides is 1. The van der Waals surface area contributed by atoms with E-state index in [0.29, 0.717) is 11.7 Å². The fourth-order valence-corrected chi connectivity index (χ4v) is 3.29. The molecule has 0 heterocycles. The Hall–Kier alpha value is -1.60. The van der Waals surface area contributed by atoms with Gasteiger partial charge in [0.25, 0.3) is 0 Å². The lowest BCUT2D eigenvalue weighted by atomic mass is 10.2. The molecule has 0 amide bonds. The van der Waals surface area contributed by atoms with Gasteiger partial charge in [-0.25, -0.2) is 13.1 Å². The van der Waals surface area contributed by atoms with Crippen LogP contribution in [0, 0.1) is 5.92 Å². The summed E-state index contributed by atoms with van der Waals surface area (Å²) in [6, 6.07) is 5.91. The van der Waals surface area contributed by atoms with Crippen LogP contribution >= 0.6 is 0 Å². The highest BCUT2D eigenvalue weighted by Crippen LogP contribution is 2.33. The van der Waals surface area contributed by atoms with Crippen molar-refractivity contribution >= 4 is 16.0 Å². The summed E-state index contributed by atoms with van der Waals surface area (Å²) in [5.74, 6) is -0.0451. The third kappa shape index (κ3) is 4.71. The molecule has 1 fully saturated rings. The highest BCUT2D eigenvalue weighted by Gasteiger charge is 2.31. The van der Waals surface area contributed by atoms with Gasteiger partial charge in [-0.05, 0) is 49.9 Å². The first kappa shape index (κ1) is 15.8. The molecule has 0 radical (unpaired) electrons. The number of rotatable bonds is 8. The zero-order valence-corrected chi connectivity index (χ0v) is 12.6. The van der Waals surface area contributed by atoms with Gasteiger partial charge in [-0.3, -0.25) is 4.79 Å². The molecule has 7 heteroatoms. The van der Waals surface area contributed by atoms with E-state index in [9.17, 15) is 13.2 Å². The average Bonchev–Trinajstić information content (AvgIpc) is 3.22. The van der Waals surface area contributed by atoms with Crippen LogP contribution in [0.15, 0.2) is 29.2 Å². The van der Waals surface area contributed by atoms with Crippen molar-refractivity contribution < 1.29 is 23.1 Å². The van der Waals surface area contributed by atoms with E-state index in [1.807, 2.05) is 6.92 Å². The zero-order valence-electron chi connectivity index (χ0n) is 11.8. The van der Waals surface area contributed by atoms with E-state index < -0.39 is 16.0 Å². The molecule has 0 saturated heterocycles. The quantitative estimate of drug-likeness (QED) is 0.760. The fourth-order valence-electron chi connectivity index (χ4n) is 1.98. The molecule has 0 aliphatic heterocycles. The summed E-state index contributed by atoms with van der Waals surface area (Å²) < 4.78 is 32.2. The van der Waals surface area contributed by atoms with Crippen molar-refractivity contribution in [1.82, 2.24) is 4.72 Å². The first-order chi connectivity index (χ1) is 9.88. The molecule has 0 aromatic heterocycles. The number of nitrogens with one attached hydrogen (secondary N) is 1. The Bertz CT molecular complexity index is 592. The number of carboxylic acids is 1. The summed E-state index contributed by atoms with van der Waals surface area (Å²) in [7, 11) is -3.51. The first-order valence-electron chi connectivity index (χ1n) is 6.85. The molecular weight excluding hydrogens is 294 g/mol. The monoisotopic (exact) mass is 313 g/mol. The van der Waals surface area contributed by atoms with Crippen LogP contribution in [0.4, 0.5) is 0 Å². The van der Waals surface area contributed by atoms with Gasteiger partial charge in [-0.2, -0.15) is 0 Å². The minimum absolute atomic E-state index is 0.0540. The van der Waals surface area contributed by atoms with Gasteiger partial charge in [0.2, 0.25) is 10.0 Å². The molecule has 2 rings (SSSR count). The van der Waals surface area contributed by atoms with Gasteiger partial charge in [-0.15, -0.1) is 0 Å². The van der Waals surface area contributed by atoms with Crippen molar-refractivity contribution in [2.24, 2.45) is 5.92 Å². The second kappa shape index (κ2) is 6.44. The molecule has 1 aliphatic carbocycles. The summed E-state index contributed by atoms with van der Waals surface area (Å²) in [6.07, 6.45) is 2.04. The third-order valence-corrected chi connectivity index (χ3v) is 4.96. The van der Waals surface area contributed by atoms with Crippen LogP contribution in [0.2, 0.25) is 0 Å². The molecule has 0 spiro atoms. The Labute approximate surface area is 124 Å². The van der Waals surface area contributed by atoms with Crippen molar-refractivity contribution in [2.75, 3.05) is 6.61 Å². The molecule has 1 aliphatic rings. The van der Waals surface area contributed by atoms with E-state index in [1.165, 1.54) is 24.3 Å². The summed E-state index contributed by atoms with van der Waals surface area (Å²) in [5, 5.41) is 8.51. The van der Waals surface area contributed by atoms with E-state index in [1.54, 1.807) is 0 Å². The maximum Gasteiger partial charge on any atom is 0.306 e. The summed E-state index contributed by atoms with van der Waals surface area (Å²) >= 11 is 0. The SMILES string of the molecule is CC(NS(=O)(=O)c1ccc(OCCC(=O)O)cc1)C1CC1. The lowest BCUT2D eigenvalue weighted by Crippen LogP contribution is -2.33. The largest absolute Gasteiger partial charge is 0.493 e. The normalized spacial score (nSPS) is 16.4. The second-order valence-corrected chi connectivity index (χ2v) is 6.92. The molecule has 1 saturated carbocycles. The van der Waals surface area contributed by atoms with Crippen LogP contribution in [-0.2, 0) is 14.8 Å². The fraction of sp³-hybridized carbons (Fsp3) is 0.500. The van der Waals surface area contributed by atoms with E-state index in [-0.39, 0.29) is 24.0 Å². The number of benzene rings is 1.